The van der Waals surface area contributed by atoms with Crippen molar-refractivity contribution in [3.05, 3.63) is 42.1 Å². The minimum absolute atomic E-state index is 0.135. The summed E-state index contributed by atoms with van der Waals surface area (Å²) in [5, 5.41) is 6.21. The standard InChI is InChI=1S/C22H27F2N3O3/c1-29-9-8-25-16-5-3-4-14(10-16)22(28)27-21-12-18(19(24)13-26-21)17-7-6-15(23)11-20(17)30-2/h6-7,11-14,16,25H,3-5,8-10H2,1-2H3,(H,26,27,28). The van der Waals surface area contributed by atoms with Gasteiger partial charge in [-0.05, 0) is 37.5 Å². The zero-order valence-corrected chi connectivity index (χ0v) is 17.2. The first kappa shape index (κ1) is 22.1. The molecular weight excluding hydrogens is 392 g/mol. The van der Waals surface area contributed by atoms with Crippen LogP contribution in [0.3, 0.4) is 0 Å². The first-order valence-electron chi connectivity index (χ1n) is 10.0. The molecule has 1 amide bonds. The molecule has 1 heterocycles. The highest BCUT2D eigenvalue weighted by Crippen LogP contribution is 2.33. The van der Waals surface area contributed by atoms with Crippen molar-refractivity contribution in [3.63, 3.8) is 0 Å². The van der Waals surface area contributed by atoms with Gasteiger partial charge in [0, 0.05) is 42.8 Å². The third-order valence-corrected chi connectivity index (χ3v) is 5.34. The maximum atomic E-state index is 14.4. The maximum Gasteiger partial charge on any atom is 0.228 e. The molecule has 1 saturated carbocycles. The molecule has 0 radical (unpaired) electrons. The van der Waals surface area contributed by atoms with Crippen LogP contribution >= 0.6 is 0 Å². The molecule has 162 valence electrons. The Balaban J connectivity index is 1.71. The second kappa shape index (κ2) is 10.4. The monoisotopic (exact) mass is 419 g/mol. The SMILES string of the molecule is COCCNC1CCCC(C(=O)Nc2cc(-c3ccc(F)cc3OC)c(F)cn2)C1. The van der Waals surface area contributed by atoms with Crippen LogP contribution in [0, 0.1) is 17.6 Å². The van der Waals surface area contributed by atoms with Crippen molar-refractivity contribution in [2.24, 2.45) is 5.92 Å². The number of aromatic nitrogens is 1. The lowest BCUT2D eigenvalue weighted by molar-refractivity contribution is -0.121. The van der Waals surface area contributed by atoms with Crippen LogP contribution in [0.4, 0.5) is 14.6 Å². The Morgan fingerprint density at radius 1 is 1.20 bits per heavy atom. The number of hydrogen-bond acceptors (Lipinski definition) is 5. The minimum Gasteiger partial charge on any atom is -0.496 e. The highest BCUT2D eigenvalue weighted by molar-refractivity contribution is 5.92. The zero-order chi connectivity index (χ0) is 21.5. The van der Waals surface area contributed by atoms with Gasteiger partial charge in [0.1, 0.15) is 23.2 Å². The van der Waals surface area contributed by atoms with Crippen LogP contribution < -0.4 is 15.4 Å². The highest BCUT2D eigenvalue weighted by atomic mass is 19.1. The van der Waals surface area contributed by atoms with Gasteiger partial charge in [-0.3, -0.25) is 4.79 Å². The number of halogens is 2. The van der Waals surface area contributed by atoms with Crippen molar-refractivity contribution >= 4 is 11.7 Å². The van der Waals surface area contributed by atoms with Gasteiger partial charge in [0.25, 0.3) is 0 Å². The Morgan fingerprint density at radius 2 is 2.03 bits per heavy atom. The third kappa shape index (κ3) is 5.52. The van der Waals surface area contributed by atoms with E-state index in [9.17, 15) is 13.6 Å². The number of nitrogens with zero attached hydrogens (tertiary/aromatic N) is 1. The van der Waals surface area contributed by atoms with E-state index in [1.54, 1.807) is 7.11 Å². The average Bonchev–Trinajstić information content (AvgIpc) is 2.75. The molecule has 30 heavy (non-hydrogen) atoms. The lowest BCUT2D eigenvalue weighted by atomic mass is 9.85. The number of carbonyl (C=O) groups is 1. The summed E-state index contributed by atoms with van der Waals surface area (Å²) >= 11 is 0. The van der Waals surface area contributed by atoms with Crippen LogP contribution in [0.25, 0.3) is 11.1 Å². The molecule has 1 aromatic carbocycles. The predicted octanol–water partition coefficient (Wildman–Crippen LogP) is 3.77. The van der Waals surface area contributed by atoms with E-state index < -0.39 is 11.6 Å². The molecule has 6 nitrogen and oxygen atoms in total. The molecule has 0 bridgehead atoms. The Kier molecular flexibility index (Phi) is 7.70. The number of methoxy groups -OCH3 is 2. The Bertz CT molecular complexity index is 879. The van der Waals surface area contributed by atoms with Crippen LogP contribution in [-0.2, 0) is 9.53 Å². The Morgan fingerprint density at radius 3 is 2.80 bits per heavy atom. The molecule has 1 fully saturated rings. The summed E-state index contributed by atoms with van der Waals surface area (Å²) in [4.78, 5) is 16.8. The number of nitrogens with one attached hydrogen (secondary N) is 2. The van der Waals surface area contributed by atoms with Crippen LogP contribution in [0.1, 0.15) is 25.7 Å². The van der Waals surface area contributed by atoms with Gasteiger partial charge >= 0.3 is 0 Å². The topological polar surface area (TPSA) is 72.5 Å². The Hall–Kier alpha value is -2.58. The molecule has 0 spiro atoms. The van der Waals surface area contributed by atoms with Crippen molar-refractivity contribution in [1.29, 1.82) is 0 Å². The molecule has 8 heteroatoms. The van der Waals surface area contributed by atoms with E-state index in [1.165, 1.54) is 31.4 Å². The van der Waals surface area contributed by atoms with Gasteiger partial charge in [-0.15, -0.1) is 0 Å². The predicted molar refractivity (Wildman–Crippen MR) is 110 cm³/mol. The first-order valence-corrected chi connectivity index (χ1v) is 10.0. The lowest BCUT2D eigenvalue weighted by Crippen LogP contribution is -2.39. The van der Waals surface area contributed by atoms with Crippen molar-refractivity contribution in [2.45, 2.75) is 31.7 Å². The summed E-state index contributed by atoms with van der Waals surface area (Å²) in [5.41, 5.74) is 0.564. The minimum atomic E-state index is -0.585. The maximum absolute atomic E-state index is 14.4. The van der Waals surface area contributed by atoms with Crippen molar-refractivity contribution < 1.29 is 23.0 Å². The third-order valence-electron chi connectivity index (χ3n) is 5.34. The van der Waals surface area contributed by atoms with E-state index >= 15 is 0 Å². The van der Waals surface area contributed by atoms with Gasteiger partial charge in [0.05, 0.1) is 19.9 Å². The van der Waals surface area contributed by atoms with Gasteiger partial charge in [0.15, 0.2) is 0 Å². The number of pyridine rings is 1. The average molecular weight is 419 g/mol. The molecule has 0 aliphatic heterocycles. The number of amides is 1. The summed E-state index contributed by atoms with van der Waals surface area (Å²) < 4.78 is 38.1. The highest BCUT2D eigenvalue weighted by Gasteiger charge is 2.27. The van der Waals surface area contributed by atoms with E-state index in [2.05, 4.69) is 15.6 Å². The van der Waals surface area contributed by atoms with Crippen molar-refractivity contribution in [1.82, 2.24) is 10.3 Å². The second-order valence-electron chi connectivity index (χ2n) is 7.39. The van der Waals surface area contributed by atoms with E-state index in [4.69, 9.17) is 9.47 Å². The van der Waals surface area contributed by atoms with Crippen LogP contribution in [0.15, 0.2) is 30.5 Å². The first-order chi connectivity index (χ1) is 14.5. The smallest absolute Gasteiger partial charge is 0.228 e. The second-order valence-corrected chi connectivity index (χ2v) is 7.39. The summed E-state index contributed by atoms with van der Waals surface area (Å²) in [6, 6.07) is 5.57. The normalized spacial score (nSPS) is 18.8. The fourth-order valence-corrected chi connectivity index (χ4v) is 3.81. The number of anilines is 1. The van der Waals surface area contributed by atoms with Gasteiger partial charge in [0.2, 0.25) is 5.91 Å². The fraction of sp³-hybridized carbons (Fsp3) is 0.455. The van der Waals surface area contributed by atoms with Crippen LogP contribution in [0.5, 0.6) is 5.75 Å². The van der Waals surface area contributed by atoms with E-state index in [0.29, 0.717) is 12.2 Å². The molecule has 3 rings (SSSR count). The molecule has 1 aliphatic carbocycles. The number of benzene rings is 1. The van der Waals surface area contributed by atoms with Crippen LogP contribution in [-0.4, -0.2) is 44.3 Å². The number of rotatable bonds is 8. The molecule has 2 atom stereocenters. The van der Waals surface area contributed by atoms with Gasteiger partial charge in [-0.1, -0.05) is 6.42 Å². The van der Waals surface area contributed by atoms with E-state index in [0.717, 1.165) is 38.4 Å². The van der Waals surface area contributed by atoms with E-state index in [1.807, 2.05) is 0 Å². The summed E-state index contributed by atoms with van der Waals surface area (Å²) in [7, 11) is 3.05. The number of carbonyl (C=O) groups excluding carboxylic acids is 1. The molecule has 2 unspecified atom stereocenters. The van der Waals surface area contributed by atoms with E-state index in [-0.39, 0.29) is 35.0 Å². The molecule has 1 aromatic heterocycles. The number of ether oxygens (including phenoxy) is 2. The van der Waals surface area contributed by atoms with Gasteiger partial charge in [-0.25, -0.2) is 13.8 Å². The van der Waals surface area contributed by atoms with Crippen molar-refractivity contribution in [2.75, 3.05) is 32.7 Å². The summed E-state index contributed by atoms with van der Waals surface area (Å²) in [5.74, 6) is -0.895. The Labute approximate surface area is 175 Å². The molecule has 2 aromatic rings. The quantitative estimate of drug-likeness (QED) is 0.638. The largest absolute Gasteiger partial charge is 0.496 e. The molecule has 0 saturated heterocycles. The summed E-state index contributed by atoms with van der Waals surface area (Å²) in [6.07, 6.45) is 4.56. The van der Waals surface area contributed by atoms with Gasteiger partial charge < -0.3 is 20.1 Å². The van der Waals surface area contributed by atoms with Crippen LogP contribution in [0.2, 0.25) is 0 Å². The molecule has 2 N–H and O–H groups in total. The van der Waals surface area contributed by atoms with Gasteiger partial charge in [-0.2, -0.15) is 0 Å². The number of hydrogen-bond donors (Lipinski definition) is 2. The fourth-order valence-electron chi connectivity index (χ4n) is 3.81. The molecule has 1 aliphatic rings. The van der Waals surface area contributed by atoms with Crippen molar-refractivity contribution in [3.8, 4) is 16.9 Å². The molecular formula is C22H27F2N3O3. The summed E-state index contributed by atoms with van der Waals surface area (Å²) in [6.45, 7) is 1.38. The lowest BCUT2D eigenvalue weighted by Gasteiger charge is -2.29. The zero-order valence-electron chi connectivity index (χ0n) is 17.2.